The lowest BCUT2D eigenvalue weighted by molar-refractivity contribution is 0.306. The molecule has 1 aliphatic rings. The highest BCUT2D eigenvalue weighted by Gasteiger charge is 2.32. The van der Waals surface area contributed by atoms with Crippen molar-refractivity contribution in [1.29, 1.82) is 5.26 Å². The number of allylic oxidation sites excluding steroid dienone is 1. The third kappa shape index (κ3) is 5.02. The zero-order valence-corrected chi connectivity index (χ0v) is 18.7. The largest absolute Gasteiger partial charge is 0.489 e. The smallest absolute Gasteiger partial charge is 0.171 e. The van der Waals surface area contributed by atoms with Crippen LogP contribution in [-0.2, 0) is 6.61 Å². The number of benzene rings is 2. The first-order valence-electron chi connectivity index (χ1n) is 9.08. The maximum absolute atomic E-state index is 9.77. The van der Waals surface area contributed by atoms with Crippen molar-refractivity contribution < 1.29 is 4.74 Å². The lowest BCUT2D eigenvalue weighted by Gasteiger charge is -2.34. The summed E-state index contributed by atoms with van der Waals surface area (Å²) < 4.78 is 5.84. The molecule has 0 bridgehead atoms. The van der Waals surface area contributed by atoms with E-state index < -0.39 is 0 Å². The molecule has 0 amide bonds. The van der Waals surface area contributed by atoms with Crippen molar-refractivity contribution in [3.63, 3.8) is 0 Å². The van der Waals surface area contributed by atoms with Crippen molar-refractivity contribution >= 4 is 40.5 Å². The Morgan fingerprint density at radius 1 is 1.10 bits per heavy atom. The van der Waals surface area contributed by atoms with Crippen LogP contribution in [0.25, 0.3) is 0 Å². The number of halogens is 2. The van der Waals surface area contributed by atoms with Gasteiger partial charge in [0.2, 0.25) is 0 Å². The van der Waals surface area contributed by atoms with Crippen molar-refractivity contribution in [2.75, 3.05) is 0 Å². The summed E-state index contributed by atoms with van der Waals surface area (Å²) in [4.78, 5) is 0. The molecule has 0 saturated heterocycles. The Kier molecular flexibility index (Phi) is 6.38. The van der Waals surface area contributed by atoms with Crippen LogP contribution in [-0.4, -0.2) is 5.11 Å². The zero-order chi connectivity index (χ0) is 21.2. The summed E-state index contributed by atoms with van der Waals surface area (Å²) in [5.41, 5.74) is 3.12. The van der Waals surface area contributed by atoms with Gasteiger partial charge in [-0.15, -0.1) is 0 Å². The van der Waals surface area contributed by atoms with Gasteiger partial charge in [-0.05, 0) is 47.6 Å². The number of nitrogens with one attached hydrogen (secondary N) is 2. The quantitative estimate of drug-likeness (QED) is 0.572. The van der Waals surface area contributed by atoms with Crippen LogP contribution in [0.3, 0.4) is 0 Å². The van der Waals surface area contributed by atoms with Gasteiger partial charge in [0, 0.05) is 11.1 Å². The van der Waals surface area contributed by atoms with Crippen LogP contribution in [0, 0.1) is 16.7 Å². The number of nitriles is 1. The predicted octanol–water partition coefficient (Wildman–Crippen LogP) is 5.91. The minimum atomic E-state index is -0.299. The van der Waals surface area contributed by atoms with Crippen molar-refractivity contribution in [1.82, 2.24) is 10.6 Å². The van der Waals surface area contributed by atoms with E-state index in [2.05, 4.69) is 37.5 Å². The van der Waals surface area contributed by atoms with Crippen LogP contribution in [0.5, 0.6) is 5.75 Å². The fourth-order valence-corrected chi connectivity index (χ4v) is 3.62. The summed E-state index contributed by atoms with van der Waals surface area (Å²) in [6, 6.07) is 15.1. The zero-order valence-electron chi connectivity index (χ0n) is 16.3. The molecule has 1 aliphatic heterocycles. The summed E-state index contributed by atoms with van der Waals surface area (Å²) in [6.07, 6.45) is 0. The first-order valence-corrected chi connectivity index (χ1v) is 10.2. The number of thiocarbonyl (C=S) groups is 1. The second-order valence-electron chi connectivity index (χ2n) is 7.79. The fourth-order valence-electron chi connectivity index (χ4n) is 3.08. The first kappa shape index (κ1) is 21.4. The second kappa shape index (κ2) is 8.62. The lowest BCUT2D eigenvalue weighted by Crippen LogP contribution is -2.46. The number of hydrogen-bond donors (Lipinski definition) is 2. The van der Waals surface area contributed by atoms with E-state index >= 15 is 0 Å². The summed E-state index contributed by atoms with van der Waals surface area (Å²) in [7, 11) is 0. The highest BCUT2D eigenvalue weighted by Crippen LogP contribution is 2.35. The molecule has 3 rings (SSSR count). The third-order valence-corrected chi connectivity index (χ3v) is 5.50. The fraction of sp³-hybridized carbons (Fsp3) is 0.273. The van der Waals surface area contributed by atoms with Gasteiger partial charge in [0.1, 0.15) is 12.4 Å². The molecule has 0 spiro atoms. The molecule has 0 saturated carbocycles. The van der Waals surface area contributed by atoms with E-state index in [9.17, 15) is 5.26 Å². The maximum atomic E-state index is 9.77. The van der Waals surface area contributed by atoms with Gasteiger partial charge >= 0.3 is 0 Å². The van der Waals surface area contributed by atoms with Crippen LogP contribution < -0.4 is 15.4 Å². The molecular formula is C22H21Cl2N3OS. The molecule has 1 heterocycles. The van der Waals surface area contributed by atoms with E-state index in [1.807, 2.05) is 30.3 Å². The molecule has 0 aromatic heterocycles. The number of hydrogen-bond acceptors (Lipinski definition) is 3. The van der Waals surface area contributed by atoms with Crippen molar-refractivity contribution in [3.05, 3.63) is 74.9 Å². The van der Waals surface area contributed by atoms with Crippen molar-refractivity contribution in [2.45, 2.75) is 33.4 Å². The minimum Gasteiger partial charge on any atom is -0.489 e. The molecule has 1 atom stereocenters. The van der Waals surface area contributed by atoms with E-state index in [1.54, 1.807) is 12.1 Å². The minimum absolute atomic E-state index is 0.224. The predicted molar refractivity (Wildman–Crippen MR) is 121 cm³/mol. The van der Waals surface area contributed by atoms with Crippen LogP contribution in [0.15, 0.2) is 53.7 Å². The molecule has 2 aromatic carbocycles. The van der Waals surface area contributed by atoms with Crippen molar-refractivity contribution in [3.8, 4) is 11.8 Å². The topological polar surface area (TPSA) is 57.1 Å². The van der Waals surface area contributed by atoms with Gasteiger partial charge in [0.15, 0.2) is 5.11 Å². The number of nitrogens with zero attached hydrogens (tertiary/aromatic N) is 1. The normalized spacial score (nSPS) is 16.7. The van der Waals surface area contributed by atoms with Gasteiger partial charge in [0.25, 0.3) is 0 Å². The molecule has 0 fully saturated rings. The standard InChI is InChI=1S/C22H21Cl2N3OS/c1-22(2,3)20-16(11-25)19(26-21(29)27-20)14-5-7-15(8-6-14)28-12-13-4-9-17(23)18(24)10-13/h4-10,19H,12H2,1-3H3,(H2,26,27,29)/t19-/m1/s1. The summed E-state index contributed by atoms with van der Waals surface area (Å²) in [5.74, 6) is 0.717. The summed E-state index contributed by atoms with van der Waals surface area (Å²) in [5, 5.41) is 17.6. The molecule has 2 N–H and O–H groups in total. The van der Waals surface area contributed by atoms with Gasteiger partial charge in [-0.25, -0.2) is 0 Å². The van der Waals surface area contributed by atoms with Crippen LogP contribution in [0.4, 0.5) is 0 Å². The Hall–Kier alpha value is -2.26. The maximum Gasteiger partial charge on any atom is 0.171 e. The molecule has 7 heteroatoms. The van der Waals surface area contributed by atoms with Gasteiger partial charge in [-0.1, -0.05) is 62.2 Å². The van der Waals surface area contributed by atoms with E-state index in [0.29, 0.717) is 27.3 Å². The highest BCUT2D eigenvalue weighted by atomic mass is 35.5. The number of ether oxygens (including phenoxy) is 1. The van der Waals surface area contributed by atoms with E-state index in [-0.39, 0.29) is 11.5 Å². The number of rotatable bonds is 4. The third-order valence-electron chi connectivity index (χ3n) is 4.55. The molecule has 29 heavy (non-hydrogen) atoms. The average Bonchev–Trinajstić information content (AvgIpc) is 2.68. The Balaban J connectivity index is 1.79. The van der Waals surface area contributed by atoms with Gasteiger partial charge in [-0.3, -0.25) is 0 Å². The second-order valence-corrected chi connectivity index (χ2v) is 9.01. The van der Waals surface area contributed by atoms with Crippen molar-refractivity contribution in [2.24, 2.45) is 5.41 Å². The van der Waals surface area contributed by atoms with Crippen LogP contribution >= 0.6 is 35.4 Å². The van der Waals surface area contributed by atoms with Gasteiger partial charge in [-0.2, -0.15) is 5.26 Å². The lowest BCUT2D eigenvalue weighted by atomic mass is 9.84. The highest BCUT2D eigenvalue weighted by molar-refractivity contribution is 7.80. The Morgan fingerprint density at radius 2 is 1.79 bits per heavy atom. The van der Waals surface area contributed by atoms with Crippen LogP contribution in [0.2, 0.25) is 10.0 Å². The Morgan fingerprint density at radius 3 is 2.38 bits per heavy atom. The summed E-state index contributed by atoms with van der Waals surface area (Å²) in [6.45, 7) is 6.54. The van der Waals surface area contributed by atoms with E-state index in [4.69, 9.17) is 40.2 Å². The first-order chi connectivity index (χ1) is 13.7. The molecule has 0 unspecified atom stereocenters. The van der Waals surface area contributed by atoms with E-state index in [0.717, 1.165) is 22.6 Å². The van der Waals surface area contributed by atoms with E-state index in [1.165, 1.54) is 0 Å². The monoisotopic (exact) mass is 445 g/mol. The molecule has 0 aliphatic carbocycles. The average molecular weight is 446 g/mol. The summed E-state index contributed by atoms with van der Waals surface area (Å²) >= 11 is 17.3. The SMILES string of the molecule is CC(C)(C)C1=C(C#N)[C@@H](c2ccc(OCc3ccc(Cl)c(Cl)c3)cc2)NC(=S)N1. The molecular weight excluding hydrogens is 425 g/mol. The Bertz CT molecular complexity index is 1000. The molecule has 2 aromatic rings. The molecule has 4 nitrogen and oxygen atoms in total. The van der Waals surface area contributed by atoms with Crippen LogP contribution in [0.1, 0.15) is 37.9 Å². The van der Waals surface area contributed by atoms with Gasteiger partial charge in [0.05, 0.1) is 27.7 Å². The van der Waals surface area contributed by atoms with Gasteiger partial charge < -0.3 is 15.4 Å². The molecule has 0 radical (unpaired) electrons. The molecule has 150 valence electrons. The Labute approximate surface area is 186 Å².